The second-order valence-corrected chi connectivity index (χ2v) is 10.6. The van der Waals surface area contributed by atoms with Crippen molar-refractivity contribution in [3.63, 3.8) is 0 Å². The van der Waals surface area contributed by atoms with Crippen LogP contribution in [0.2, 0.25) is 0 Å². The van der Waals surface area contributed by atoms with Crippen LogP contribution in [0.4, 0.5) is 17.1 Å². The SMILES string of the molecule is C1=Cc2c(oc3c2N(c2ccccc2)c2cccc4c2B3c2cccc3c5c(n-4c23)CCCC5)CC1. The molecule has 172 valence electrons. The molecule has 0 fully saturated rings. The van der Waals surface area contributed by atoms with Crippen LogP contribution >= 0.6 is 0 Å². The van der Waals surface area contributed by atoms with Crippen LogP contribution in [-0.2, 0) is 19.3 Å². The van der Waals surface area contributed by atoms with E-state index in [4.69, 9.17) is 4.42 Å². The average Bonchev–Trinajstić information content (AvgIpc) is 3.49. The summed E-state index contributed by atoms with van der Waals surface area (Å²) in [6, 6.07) is 24.7. The van der Waals surface area contributed by atoms with E-state index in [2.05, 4.69) is 88.3 Å². The lowest BCUT2D eigenvalue weighted by molar-refractivity contribution is 0.534. The summed E-state index contributed by atoms with van der Waals surface area (Å²) < 4.78 is 9.49. The summed E-state index contributed by atoms with van der Waals surface area (Å²) in [6.07, 6.45) is 11.5. The van der Waals surface area contributed by atoms with Gasteiger partial charge in [0.1, 0.15) is 5.76 Å². The molecule has 0 N–H and O–H groups in total. The van der Waals surface area contributed by atoms with Gasteiger partial charge in [0.25, 0.3) is 6.71 Å². The lowest BCUT2D eigenvalue weighted by Crippen LogP contribution is -2.60. The number of furan rings is 1. The summed E-state index contributed by atoms with van der Waals surface area (Å²) in [6.45, 7) is 0.109. The zero-order valence-corrected chi connectivity index (χ0v) is 20.1. The molecule has 9 rings (SSSR count). The van der Waals surface area contributed by atoms with Crippen molar-refractivity contribution in [2.75, 3.05) is 4.90 Å². The fraction of sp³-hybridized carbons (Fsp3) is 0.188. The minimum Gasteiger partial charge on any atom is -0.472 e. The van der Waals surface area contributed by atoms with E-state index in [-0.39, 0.29) is 6.71 Å². The van der Waals surface area contributed by atoms with E-state index >= 15 is 0 Å². The van der Waals surface area contributed by atoms with Crippen LogP contribution in [0.25, 0.3) is 22.7 Å². The van der Waals surface area contributed by atoms with Gasteiger partial charge in [-0.1, -0.05) is 54.6 Å². The fourth-order valence-electron chi connectivity index (χ4n) is 7.44. The standard InChI is InChI=1S/C32H25BN2O/c1-2-10-20(11-3-1)34-26-17-9-18-27-29(26)33(32-31(34)23-13-5-7-19-28(23)36-32)24-15-8-14-22-21-12-4-6-16-25(21)35(27)30(22)24/h1-3,5,8-11,13-15,17-18H,4,6-7,12,16,19H2. The zero-order chi connectivity index (χ0) is 23.4. The maximum Gasteiger partial charge on any atom is 0.297 e. The van der Waals surface area contributed by atoms with Crippen molar-refractivity contribution in [3.05, 3.63) is 95.4 Å². The first-order valence-electron chi connectivity index (χ1n) is 13.4. The molecule has 2 aromatic heterocycles. The number of aryl methyl sites for hydroxylation is 2. The molecule has 2 aliphatic carbocycles. The number of aromatic nitrogens is 1. The summed E-state index contributed by atoms with van der Waals surface area (Å²) in [5.74, 6) is 1.13. The molecule has 4 aliphatic rings. The molecule has 0 bridgehead atoms. The van der Waals surface area contributed by atoms with E-state index in [9.17, 15) is 0 Å². The van der Waals surface area contributed by atoms with Crippen LogP contribution in [-0.4, -0.2) is 11.3 Å². The first kappa shape index (κ1) is 19.3. The highest BCUT2D eigenvalue weighted by atomic mass is 16.3. The number of benzene rings is 3. The summed E-state index contributed by atoms with van der Waals surface area (Å²) in [5.41, 5.74) is 14.7. The maximum atomic E-state index is 6.88. The lowest BCUT2D eigenvalue weighted by Gasteiger charge is -2.38. The van der Waals surface area contributed by atoms with E-state index in [1.54, 1.807) is 5.56 Å². The highest BCUT2D eigenvalue weighted by Crippen LogP contribution is 2.45. The van der Waals surface area contributed by atoms with Gasteiger partial charge in [-0.15, -0.1) is 0 Å². The van der Waals surface area contributed by atoms with Gasteiger partial charge in [-0.05, 0) is 72.9 Å². The monoisotopic (exact) mass is 464 g/mol. The Morgan fingerprint density at radius 1 is 0.806 bits per heavy atom. The predicted molar refractivity (Wildman–Crippen MR) is 149 cm³/mol. The molecular formula is C32H25BN2O. The topological polar surface area (TPSA) is 21.3 Å². The molecule has 5 aromatic rings. The van der Waals surface area contributed by atoms with Gasteiger partial charge < -0.3 is 13.9 Å². The first-order valence-corrected chi connectivity index (χ1v) is 13.4. The highest BCUT2D eigenvalue weighted by Gasteiger charge is 2.46. The summed E-state index contributed by atoms with van der Waals surface area (Å²) >= 11 is 0. The third-order valence-corrected chi connectivity index (χ3v) is 8.81. The normalized spacial score (nSPS) is 16.6. The summed E-state index contributed by atoms with van der Waals surface area (Å²) in [4.78, 5) is 2.46. The minimum absolute atomic E-state index is 0.109. The van der Waals surface area contributed by atoms with Crippen molar-refractivity contribution < 1.29 is 4.42 Å². The molecule has 0 spiro atoms. The van der Waals surface area contributed by atoms with E-state index < -0.39 is 0 Å². The van der Waals surface area contributed by atoms with Gasteiger partial charge >= 0.3 is 0 Å². The van der Waals surface area contributed by atoms with Gasteiger partial charge in [0.15, 0.2) is 0 Å². The molecule has 0 unspecified atom stereocenters. The first-order chi connectivity index (χ1) is 17.9. The maximum absolute atomic E-state index is 6.88. The molecule has 0 atom stereocenters. The lowest BCUT2D eigenvalue weighted by atomic mass is 9.36. The number of hydrogen-bond donors (Lipinski definition) is 0. The molecule has 3 nitrogen and oxygen atoms in total. The molecule has 4 heterocycles. The summed E-state index contributed by atoms with van der Waals surface area (Å²) in [5, 5.41) is 1.45. The van der Waals surface area contributed by atoms with E-state index in [0.717, 1.165) is 30.7 Å². The minimum atomic E-state index is 0.109. The second-order valence-electron chi connectivity index (χ2n) is 10.6. The smallest absolute Gasteiger partial charge is 0.297 e. The van der Waals surface area contributed by atoms with Crippen molar-refractivity contribution in [2.45, 2.75) is 38.5 Å². The number of hydrogen-bond acceptors (Lipinski definition) is 2. The van der Waals surface area contributed by atoms with Crippen LogP contribution in [0.5, 0.6) is 0 Å². The van der Waals surface area contributed by atoms with Crippen molar-refractivity contribution >= 4 is 57.3 Å². The van der Waals surface area contributed by atoms with Gasteiger partial charge in [-0.3, -0.25) is 0 Å². The molecule has 2 aliphatic heterocycles. The van der Waals surface area contributed by atoms with Gasteiger partial charge in [-0.2, -0.15) is 0 Å². The second kappa shape index (κ2) is 6.85. The number of anilines is 3. The Balaban J connectivity index is 1.45. The quantitative estimate of drug-likeness (QED) is 0.292. The van der Waals surface area contributed by atoms with Crippen molar-refractivity contribution in [1.82, 2.24) is 4.57 Å². The van der Waals surface area contributed by atoms with Crippen LogP contribution < -0.4 is 21.5 Å². The molecule has 3 aromatic carbocycles. The van der Waals surface area contributed by atoms with E-state index in [1.807, 2.05) is 0 Å². The largest absolute Gasteiger partial charge is 0.472 e. The Morgan fingerprint density at radius 2 is 1.67 bits per heavy atom. The predicted octanol–water partition coefficient (Wildman–Crippen LogP) is 5.67. The molecule has 0 saturated carbocycles. The Labute approximate surface area is 210 Å². The molecule has 4 heteroatoms. The third kappa shape index (κ3) is 2.26. The van der Waals surface area contributed by atoms with Gasteiger partial charge in [0.2, 0.25) is 0 Å². The third-order valence-electron chi connectivity index (χ3n) is 8.81. The fourth-order valence-corrected chi connectivity index (χ4v) is 7.44. The Morgan fingerprint density at radius 3 is 2.61 bits per heavy atom. The molecule has 0 radical (unpaired) electrons. The number of rotatable bonds is 1. The van der Waals surface area contributed by atoms with Crippen molar-refractivity contribution in [2.24, 2.45) is 0 Å². The van der Waals surface area contributed by atoms with E-state index in [0.29, 0.717) is 0 Å². The highest BCUT2D eigenvalue weighted by molar-refractivity contribution is 6.99. The van der Waals surface area contributed by atoms with Gasteiger partial charge in [0.05, 0.1) is 11.3 Å². The molecule has 0 amide bonds. The molecule has 36 heavy (non-hydrogen) atoms. The van der Waals surface area contributed by atoms with Crippen LogP contribution in [0.15, 0.2) is 77.2 Å². The summed E-state index contributed by atoms with van der Waals surface area (Å²) in [7, 11) is 0. The van der Waals surface area contributed by atoms with Crippen LogP contribution in [0, 0.1) is 0 Å². The van der Waals surface area contributed by atoms with Crippen molar-refractivity contribution in [3.8, 4) is 5.69 Å². The Bertz CT molecular complexity index is 1760. The average molecular weight is 464 g/mol. The van der Waals surface area contributed by atoms with E-state index in [1.165, 1.54) is 75.1 Å². The van der Waals surface area contributed by atoms with Gasteiger partial charge in [-0.25, -0.2) is 0 Å². The van der Waals surface area contributed by atoms with Crippen molar-refractivity contribution in [1.29, 1.82) is 0 Å². The Kier molecular flexibility index (Phi) is 3.67. The number of para-hydroxylation sites is 2. The number of nitrogens with zero attached hydrogens (tertiary/aromatic N) is 2. The number of allylic oxidation sites excluding steroid dienone is 1. The van der Waals surface area contributed by atoms with Crippen LogP contribution in [0.3, 0.4) is 0 Å². The molecular weight excluding hydrogens is 439 g/mol. The van der Waals surface area contributed by atoms with Crippen LogP contribution in [0.1, 0.15) is 41.8 Å². The zero-order valence-electron chi connectivity index (χ0n) is 20.1. The Hall–Kier alpha value is -3.92. The molecule has 0 saturated heterocycles. The van der Waals surface area contributed by atoms with Gasteiger partial charge in [0, 0.05) is 45.6 Å². The number of fused-ring (bicyclic) bond motifs is 9.